The van der Waals surface area contributed by atoms with E-state index in [2.05, 4.69) is 0 Å². The highest BCUT2D eigenvalue weighted by Gasteiger charge is 2.04. The number of rotatable bonds is 3. The number of nitrogen functional groups attached to an aromatic ring is 1. The van der Waals surface area contributed by atoms with Crippen molar-refractivity contribution >= 4 is 5.69 Å². The third kappa shape index (κ3) is 2.59. The van der Waals surface area contributed by atoms with Crippen LogP contribution in [0.4, 0.5) is 5.69 Å². The molecule has 0 unspecified atom stereocenters. The van der Waals surface area contributed by atoms with Crippen LogP contribution in [-0.4, -0.2) is 5.11 Å². The maximum atomic E-state index is 9.68. The molecule has 0 aliphatic heterocycles. The minimum Gasteiger partial charge on any atom is -0.508 e. The first-order valence-electron chi connectivity index (χ1n) is 5.79. The van der Waals surface area contributed by atoms with Crippen molar-refractivity contribution in [3.05, 3.63) is 59.2 Å². The fraction of sp³-hybridized carbons (Fsp3) is 0.200. The number of phenols is 1. The summed E-state index contributed by atoms with van der Waals surface area (Å²) in [6.07, 6.45) is 1.66. The van der Waals surface area contributed by atoms with Crippen LogP contribution in [0.25, 0.3) is 0 Å². The zero-order valence-electron chi connectivity index (χ0n) is 9.98. The van der Waals surface area contributed by atoms with Gasteiger partial charge in [-0.2, -0.15) is 0 Å². The van der Waals surface area contributed by atoms with E-state index in [0.29, 0.717) is 5.75 Å². The highest BCUT2D eigenvalue weighted by Crippen LogP contribution is 2.21. The molecule has 0 heterocycles. The van der Waals surface area contributed by atoms with Crippen LogP contribution in [0.1, 0.15) is 16.7 Å². The van der Waals surface area contributed by atoms with Gasteiger partial charge in [-0.3, -0.25) is 0 Å². The van der Waals surface area contributed by atoms with E-state index < -0.39 is 0 Å². The third-order valence-corrected chi connectivity index (χ3v) is 3.07. The maximum Gasteiger partial charge on any atom is 0.118 e. The lowest BCUT2D eigenvalue weighted by molar-refractivity contribution is 0.468. The van der Waals surface area contributed by atoms with Crippen LogP contribution in [0.2, 0.25) is 0 Å². The molecule has 0 atom stereocenters. The summed E-state index contributed by atoms with van der Waals surface area (Å²) in [5.41, 5.74) is 10.1. The Kier molecular flexibility index (Phi) is 3.33. The molecular formula is C15H17NO. The summed E-state index contributed by atoms with van der Waals surface area (Å²) < 4.78 is 0. The molecule has 0 radical (unpaired) electrons. The Bertz CT molecular complexity index is 520. The first-order chi connectivity index (χ1) is 8.18. The van der Waals surface area contributed by atoms with Crippen LogP contribution in [0.5, 0.6) is 5.75 Å². The van der Waals surface area contributed by atoms with Crippen molar-refractivity contribution in [3.63, 3.8) is 0 Å². The standard InChI is InChI=1S/C15H17NO/c1-11-5-4-7-13(15(11)16)10-9-12-6-2-3-8-14(12)17/h2-8,17H,9-10,16H2,1H3. The van der Waals surface area contributed by atoms with E-state index in [1.165, 1.54) is 0 Å². The SMILES string of the molecule is Cc1cccc(CCc2ccccc2O)c1N. The van der Waals surface area contributed by atoms with E-state index in [1.807, 2.05) is 43.3 Å². The van der Waals surface area contributed by atoms with Crippen LogP contribution >= 0.6 is 0 Å². The van der Waals surface area contributed by atoms with Crippen LogP contribution in [0.3, 0.4) is 0 Å². The summed E-state index contributed by atoms with van der Waals surface area (Å²) in [4.78, 5) is 0. The summed E-state index contributed by atoms with van der Waals surface area (Å²) in [5.74, 6) is 0.360. The van der Waals surface area contributed by atoms with Gasteiger partial charge in [0, 0.05) is 5.69 Å². The largest absolute Gasteiger partial charge is 0.508 e. The predicted molar refractivity (Wildman–Crippen MR) is 71.1 cm³/mol. The molecule has 0 aliphatic carbocycles. The molecule has 0 amide bonds. The Balaban J connectivity index is 2.13. The highest BCUT2D eigenvalue weighted by atomic mass is 16.3. The lowest BCUT2D eigenvalue weighted by atomic mass is 10.0. The minimum absolute atomic E-state index is 0.360. The summed E-state index contributed by atoms with van der Waals surface area (Å²) in [5, 5.41) is 9.68. The number of para-hydroxylation sites is 2. The molecule has 17 heavy (non-hydrogen) atoms. The van der Waals surface area contributed by atoms with Crippen molar-refractivity contribution in [2.45, 2.75) is 19.8 Å². The summed E-state index contributed by atoms with van der Waals surface area (Å²) in [6.45, 7) is 2.01. The fourth-order valence-corrected chi connectivity index (χ4v) is 1.95. The Labute approximate surface area is 102 Å². The lowest BCUT2D eigenvalue weighted by Gasteiger charge is -2.09. The van der Waals surface area contributed by atoms with Gasteiger partial charge in [-0.1, -0.05) is 36.4 Å². The zero-order valence-corrected chi connectivity index (χ0v) is 9.98. The topological polar surface area (TPSA) is 46.2 Å². The minimum atomic E-state index is 0.360. The van der Waals surface area contributed by atoms with Crippen molar-refractivity contribution in [1.82, 2.24) is 0 Å². The zero-order chi connectivity index (χ0) is 12.3. The number of hydrogen-bond acceptors (Lipinski definition) is 2. The molecule has 3 N–H and O–H groups in total. The van der Waals surface area contributed by atoms with Gasteiger partial charge in [0.05, 0.1) is 0 Å². The quantitative estimate of drug-likeness (QED) is 0.791. The molecule has 0 aliphatic rings. The molecule has 0 aromatic heterocycles. The van der Waals surface area contributed by atoms with Gasteiger partial charge in [0.25, 0.3) is 0 Å². The number of nitrogens with two attached hydrogens (primary N) is 1. The molecule has 2 rings (SSSR count). The Morgan fingerprint density at radius 2 is 1.59 bits per heavy atom. The normalized spacial score (nSPS) is 10.4. The van der Waals surface area contributed by atoms with E-state index in [0.717, 1.165) is 35.2 Å². The molecule has 0 saturated carbocycles. The van der Waals surface area contributed by atoms with E-state index in [9.17, 15) is 5.11 Å². The fourth-order valence-electron chi connectivity index (χ4n) is 1.95. The van der Waals surface area contributed by atoms with Gasteiger partial charge >= 0.3 is 0 Å². The number of aromatic hydroxyl groups is 1. The summed E-state index contributed by atoms with van der Waals surface area (Å²) >= 11 is 0. The number of anilines is 1. The molecule has 2 aromatic rings. The van der Waals surface area contributed by atoms with Gasteiger partial charge in [0.2, 0.25) is 0 Å². The molecule has 2 nitrogen and oxygen atoms in total. The second kappa shape index (κ2) is 4.91. The first kappa shape index (κ1) is 11.5. The van der Waals surface area contributed by atoms with E-state index in [1.54, 1.807) is 6.07 Å². The summed E-state index contributed by atoms with van der Waals surface area (Å²) in [6, 6.07) is 13.5. The van der Waals surface area contributed by atoms with Gasteiger partial charge < -0.3 is 10.8 Å². The molecule has 0 spiro atoms. The van der Waals surface area contributed by atoms with Gasteiger partial charge in [-0.25, -0.2) is 0 Å². The van der Waals surface area contributed by atoms with Gasteiger partial charge in [0.1, 0.15) is 5.75 Å². The Morgan fingerprint density at radius 3 is 2.35 bits per heavy atom. The van der Waals surface area contributed by atoms with Crippen LogP contribution in [-0.2, 0) is 12.8 Å². The van der Waals surface area contributed by atoms with Gasteiger partial charge in [0.15, 0.2) is 0 Å². The number of hydrogen-bond donors (Lipinski definition) is 2. The number of benzene rings is 2. The van der Waals surface area contributed by atoms with Gasteiger partial charge in [-0.05, 0) is 42.5 Å². The maximum absolute atomic E-state index is 9.68. The monoisotopic (exact) mass is 227 g/mol. The van der Waals surface area contributed by atoms with Crippen LogP contribution in [0, 0.1) is 6.92 Å². The molecule has 88 valence electrons. The Morgan fingerprint density at radius 1 is 0.941 bits per heavy atom. The van der Waals surface area contributed by atoms with Crippen molar-refractivity contribution in [3.8, 4) is 5.75 Å². The molecule has 2 heteroatoms. The summed E-state index contributed by atoms with van der Waals surface area (Å²) in [7, 11) is 0. The van der Waals surface area contributed by atoms with E-state index >= 15 is 0 Å². The predicted octanol–water partition coefficient (Wildman–Crippen LogP) is 3.07. The highest BCUT2D eigenvalue weighted by molar-refractivity contribution is 5.53. The van der Waals surface area contributed by atoms with Crippen molar-refractivity contribution < 1.29 is 5.11 Å². The number of aryl methyl sites for hydroxylation is 3. The molecular weight excluding hydrogens is 210 g/mol. The van der Waals surface area contributed by atoms with E-state index in [4.69, 9.17) is 5.73 Å². The molecule has 0 saturated heterocycles. The smallest absolute Gasteiger partial charge is 0.118 e. The molecule has 0 bridgehead atoms. The Hall–Kier alpha value is -1.96. The average Bonchev–Trinajstić information content (AvgIpc) is 2.33. The average molecular weight is 227 g/mol. The van der Waals surface area contributed by atoms with Crippen LogP contribution < -0.4 is 5.73 Å². The third-order valence-electron chi connectivity index (χ3n) is 3.07. The second-order valence-corrected chi connectivity index (χ2v) is 4.28. The number of phenolic OH excluding ortho intramolecular Hbond substituents is 1. The van der Waals surface area contributed by atoms with Crippen molar-refractivity contribution in [1.29, 1.82) is 0 Å². The van der Waals surface area contributed by atoms with Gasteiger partial charge in [-0.15, -0.1) is 0 Å². The van der Waals surface area contributed by atoms with E-state index in [-0.39, 0.29) is 0 Å². The van der Waals surface area contributed by atoms with Crippen molar-refractivity contribution in [2.75, 3.05) is 5.73 Å². The van der Waals surface area contributed by atoms with Crippen molar-refractivity contribution in [2.24, 2.45) is 0 Å². The second-order valence-electron chi connectivity index (χ2n) is 4.28. The molecule has 2 aromatic carbocycles. The lowest BCUT2D eigenvalue weighted by Crippen LogP contribution is -1.99. The first-order valence-corrected chi connectivity index (χ1v) is 5.79. The molecule has 0 fully saturated rings. The van der Waals surface area contributed by atoms with Crippen LogP contribution in [0.15, 0.2) is 42.5 Å².